The molecule has 5 nitrogen and oxygen atoms in total. The van der Waals surface area contributed by atoms with Gasteiger partial charge >= 0.3 is 0 Å². The van der Waals surface area contributed by atoms with E-state index in [9.17, 15) is 4.79 Å². The number of carbonyl (C=O) groups excluding carboxylic acids is 1. The predicted molar refractivity (Wildman–Crippen MR) is 77.4 cm³/mol. The molecule has 1 aromatic rings. The number of nitrogens with one attached hydrogen (secondary N) is 1. The SMILES string of the molecule is COCCOc1ccc(NC(=O)C2(C)CC2(Cl)Cl)cn1. The summed E-state index contributed by atoms with van der Waals surface area (Å²) in [6.07, 6.45) is 1.97. The lowest BCUT2D eigenvalue weighted by atomic mass is 10.1. The zero-order chi connectivity index (χ0) is 14.8. The van der Waals surface area contributed by atoms with Crippen LogP contribution < -0.4 is 10.1 Å². The van der Waals surface area contributed by atoms with E-state index in [1.807, 2.05) is 0 Å². The van der Waals surface area contributed by atoms with Gasteiger partial charge in [-0.1, -0.05) is 0 Å². The summed E-state index contributed by atoms with van der Waals surface area (Å²) in [6, 6.07) is 3.39. The third kappa shape index (κ3) is 3.16. The fourth-order valence-electron chi connectivity index (χ4n) is 1.68. The number of hydrogen-bond donors (Lipinski definition) is 1. The lowest BCUT2D eigenvalue weighted by Gasteiger charge is -2.12. The van der Waals surface area contributed by atoms with Crippen molar-refractivity contribution in [3.63, 3.8) is 0 Å². The molecular formula is C13H16Cl2N2O3. The first-order valence-electron chi connectivity index (χ1n) is 6.16. The fourth-order valence-corrected chi connectivity index (χ4v) is 2.39. The molecule has 1 atom stereocenters. The van der Waals surface area contributed by atoms with E-state index in [0.717, 1.165) is 0 Å². The number of amides is 1. The third-order valence-corrected chi connectivity index (χ3v) is 4.39. The van der Waals surface area contributed by atoms with Crippen LogP contribution in [0.3, 0.4) is 0 Å². The minimum Gasteiger partial charge on any atom is -0.475 e. The number of ether oxygens (including phenoxy) is 2. The quantitative estimate of drug-likeness (QED) is 0.647. The van der Waals surface area contributed by atoms with Gasteiger partial charge < -0.3 is 14.8 Å². The number of methoxy groups -OCH3 is 1. The second-order valence-electron chi connectivity index (χ2n) is 4.89. The number of hydrogen-bond acceptors (Lipinski definition) is 4. The van der Waals surface area contributed by atoms with Crippen molar-refractivity contribution >= 4 is 34.8 Å². The van der Waals surface area contributed by atoms with Crippen molar-refractivity contribution in [1.29, 1.82) is 0 Å². The zero-order valence-corrected chi connectivity index (χ0v) is 12.8. The molecule has 1 N–H and O–H groups in total. The highest BCUT2D eigenvalue weighted by molar-refractivity contribution is 6.53. The Morgan fingerprint density at radius 1 is 1.45 bits per heavy atom. The molecule has 1 aromatic heterocycles. The molecule has 0 radical (unpaired) electrons. The molecule has 20 heavy (non-hydrogen) atoms. The second kappa shape index (κ2) is 5.76. The van der Waals surface area contributed by atoms with Gasteiger partial charge in [0.15, 0.2) is 0 Å². The Kier molecular flexibility index (Phi) is 4.42. The van der Waals surface area contributed by atoms with Gasteiger partial charge in [0, 0.05) is 13.2 Å². The standard InChI is InChI=1S/C13H16Cl2N2O3/c1-12(8-13(12,14)15)11(18)17-9-3-4-10(16-7-9)20-6-5-19-2/h3-4,7H,5-6,8H2,1-2H3,(H,17,18). The first-order chi connectivity index (χ1) is 9.39. The molecule has 0 aromatic carbocycles. The van der Waals surface area contributed by atoms with E-state index in [2.05, 4.69) is 10.3 Å². The smallest absolute Gasteiger partial charge is 0.233 e. The Bertz CT molecular complexity index is 493. The average molecular weight is 319 g/mol. The molecule has 1 saturated carbocycles. The molecule has 1 fully saturated rings. The molecule has 110 valence electrons. The van der Waals surface area contributed by atoms with E-state index in [0.29, 0.717) is 31.2 Å². The van der Waals surface area contributed by atoms with Crippen molar-refractivity contribution in [3.05, 3.63) is 18.3 Å². The van der Waals surface area contributed by atoms with Crippen LogP contribution in [0, 0.1) is 5.41 Å². The minimum absolute atomic E-state index is 0.211. The average Bonchev–Trinajstić information content (AvgIpc) is 2.92. The number of anilines is 1. The van der Waals surface area contributed by atoms with E-state index in [-0.39, 0.29) is 5.91 Å². The lowest BCUT2D eigenvalue weighted by molar-refractivity contribution is -0.120. The zero-order valence-electron chi connectivity index (χ0n) is 11.3. The summed E-state index contributed by atoms with van der Waals surface area (Å²) in [5, 5.41) is 2.74. The predicted octanol–water partition coefficient (Wildman–Crippen LogP) is 2.63. The first kappa shape index (κ1) is 15.4. The minimum atomic E-state index is -0.978. The molecule has 1 unspecified atom stereocenters. The van der Waals surface area contributed by atoms with E-state index in [1.165, 1.54) is 6.20 Å². The summed E-state index contributed by atoms with van der Waals surface area (Å²) in [6.45, 7) is 2.65. The summed E-state index contributed by atoms with van der Waals surface area (Å²) in [7, 11) is 1.60. The van der Waals surface area contributed by atoms with Crippen LogP contribution >= 0.6 is 23.2 Å². The Morgan fingerprint density at radius 3 is 2.65 bits per heavy atom. The Labute approximate surface area is 127 Å². The molecule has 0 aliphatic heterocycles. The number of rotatable bonds is 6. The van der Waals surface area contributed by atoms with Crippen molar-refractivity contribution in [3.8, 4) is 5.88 Å². The van der Waals surface area contributed by atoms with Gasteiger partial charge in [0.1, 0.15) is 10.9 Å². The maximum Gasteiger partial charge on any atom is 0.233 e. The second-order valence-corrected chi connectivity index (χ2v) is 6.38. The Balaban J connectivity index is 1.90. The highest BCUT2D eigenvalue weighted by Gasteiger charge is 2.67. The maximum atomic E-state index is 12.1. The van der Waals surface area contributed by atoms with Gasteiger partial charge in [0.25, 0.3) is 0 Å². The number of carbonyl (C=O) groups is 1. The molecule has 7 heteroatoms. The summed E-state index contributed by atoms with van der Waals surface area (Å²) in [4.78, 5) is 16.1. The van der Waals surface area contributed by atoms with Gasteiger partial charge in [-0.3, -0.25) is 4.79 Å². The Hall–Kier alpha value is -1.04. The molecule has 2 rings (SSSR count). The van der Waals surface area contributed by atoms with Gasteiger partial charge in [-0.2, -0.15) is 0 Å². The lowest BCUT2D eigenvalue weighted by Crippen LogP contribution is -2.25. The van der Waals surface area contributed by atoms with Crippen LogP contribution in [0.1, 0.15) is 13.3 Å². The van der Waals surface area contributed by atoms with Gasteiger partial charge in [0.2, 0.25) is 11.8 Å². The fraction of sp³-hybridized carbons (Fsp3) is 0.538. The van der Waals surface area contributed by atoms with E-state index >= 15 is 0 Å². The van der Waals surface area contributed by atoms with Crippen LogP contribution in [0.25, 0.3) is 0 Å². The normalized spacial score (nSPS) is 23.2. The van der Waals surface area contributed by atoms with Crippen molar-refractivity contribution in [2.45, 2.75) is 17.7 Å². The first-order valence-corrected chi connectivity index (χ1v) is 6.92. The Morgan fingerprint density at radius 2 is 2.15 bits per heavy atom. The topological polar surface area (TPSA) is 60.5 Å². The van der Waals surface area contributed by atoms with Crippen LogP contribution in [0.4, 0.5) is 5.69 Å². The van der Waals surface area contributed by atoms with Crippen molar-refractivity contribution < 1.29 is 14.3 Å². The molecule has 1 amide bonds. The van der Waals surface area contributed by atoms with Crippen LogP contribution in [-0.4, -0.2) is 35.5 Å². The monoisotopic (exact) mass is 318 g/mol. The number of pyridine rings is 1. The van der Waals surface area contributed by atoms with Gasteiger partial charge in [-0.05, 0) is 19.4 Å². The van der Waals surface area contributed by atoms with Gasteiger partial charge in [0.05, 0.1) is 23.9 Å². The maximum absolute atomic E-state index is 12.1. The summed E-state index contributed by atoms with van der Waals surface area (Å²) in [5.74, 6) is 0.263. The highest BCUT2D eigenvalue weighted by Crippen LogP contribution is 2.64. The largest absolute Gasteiger partial charge is 0.475 e. The van der Waals surface area contributed by atoms with Crippen LogP contribution in [0.5, 0.6) is 5.88 Å². The van der Waals surface area contributed by atoms with Crippen molar-refractivity contribution in [2.24, 2.45) is 5.41 Å². The molecular weight excluding hydrogens is 303 g/mol. The molecule has 0 saturated heterocycles. The molecule has 1 aliphatic carbocycles. The van der Waals surface area contributed by atoms with Gasteiger partial charge in [-0.15, -0.1) is 23.2 Å². The summed E-state index contributed by atoms with van der Waals surface area (Å²) >= 11 is 11.9. The van der Waals surface area contributed by atoms with E-state index in [1.54, 1.807) is 26.2 Å². The van der Waals surface area contributed by atoms with Crippen molar-refractivity contribution in [1.82, 2.24) is 4.98 Å². The van der Waals surface area contributed by atoms with Gasteiger partial charge in [-0.25, -0.2) is 4.98 Å². The molecule has 1 heterocycles. The summed E-state index contributed by atoms with van der Waals surface area (Å²) in [5.41, 5.74) is -0.171. The molecule has 0 spiro atoms. The van der Waals surface area contributed by atoms with Crippen molar-refractivity contribution in [2.75, 3.05) is 25.6 Å². The van der Waals surface area contributed by atoms with Crippen LogP contribution in [0.15, 0.2) is 18.3 Å². The number of aromatic nitrogens is 1. The van der Waals surface area contributed by atoms with Crippen LogP contribution in [0.2, 0.25) is 0 Å². The number of nitrogens with zero attached hydrogens (tertiary/aromatic N) is 1. The van der Waals surface area contributed by atoms with E-state index in [4.69, 9.17) is 32.7 Å². The molecule has 0 bridgehead atoms. The number of halogens is 2. The molecule has 1 aliphatic rings. The number of alkyl halides is 2. The van der Waals surface area contributed by atoms with E-state index < -0.39 is 9.75 Å². The summed E-state index contributed by atoms with van der Waals surface area (Å²) < 4.78 is 9.22. The third-order valence-electron chi connectivity index (χ3n) is 3.29. The van der Waals surface area contributed by atoms with Crippen LogP contribution in [-0.2, 0) is 9.53 Å². The highest BCUT2D eigenvalue weighted by atomic mass is 35.5.